The van der Waals surface area contributed by atoms with Crippen molar-refractivity contribution in [2.45, 2.75) is 252 Å². The van der Waals surface area contributed by atoms with Crippen molar-refractivity contribution in [2.24, 2.45) is 5.41 Å². The Morgan fingerprint density at radius 2 is 0.737 bits per heavy atom. The van der Waals surface area contributed by atoms with E-state index in [1.54, 1.807) is 0 Å². The second-order valence-corrected chi connectivity index (χ2v) is 18.0. The summed E-state index contributed by atoms with van der Waals surface area (Å²) < 4.78 is 11.9. The van der Waals surface area contributed by atoms with Gasteiger partial charge in [0.1, 0.15) is 13.2 Å². The van der Waals surface area contributed by atoms with E-state index in [2.05, 4.69) is 32.6 Å². The number of hydrogen-bond donors (Lipinski definition) is 0. The zero-order valence-corrected chi connectivity index (χ0v) is 38.6. The largest absolute Gasteiger partial charge is 0.465 e. The van der Waals surface area contributed by atoms with E-state index in [1.807, 2.05) is 4.90 Å². The van der Waals surface area contributed by atoms with Crippen LogP contribution in [0.3, 0.4) is 0 Å². The van der Waals surface area contributed by atoms with E-state index in [0.29, 0.717) is 45.2 Å². The lowest BCUT2D eigenvalue weighted by Gasteiger charge is -2.41. The normalized spacial score (nSPS) is 14.0. The van der Waals surface area contributed by atoms with Gasteiger partial charge in [0, 0.05) is 44.3 Å². The second kappa shape index (κ2) is 38.6. The van der Waals surface area contributed by atoms with Gasteiger partial charge in [0.25, 0.3) is 0 Å². The third-order valence-electron chi connectivity index (χ3n) is 12.5. The van der Waals surface area contributed by atoms with Gasteiger partial charge in [0.15, 0.2) is 0 Å². The summed E-state index contributed by atoms with van der Waals surface area (Å²) in [7, 11) is 0. The van der Waals surface area contributed by atoms with E-state index >= 15 is 0 Å². The van der Waals surface area contributed by atoms with Crippen LogP contribution in [0, 0.1) is 5.41 Å². The minimum atomic E-state index is -0.430. The van der Waals surface area contributed by atoms with Crippen LogP contribution in [0.25, 0.3) is 0 Å². The molecule has 0 aromatic rings. The van der Waals surface area contributed by atoms with Gasteiger partial charge in [0.2, 0.25) is 5.91 Å². The number of rotatable bonds is 41. The number of esters is 2. The van der Waals surface area contributed by atoms with E-state index in [9.17, 15) is 14.4 Å². The summed E-state index contributed by atoms with van der Waals surface area (Å²) in [6, 6.07) is 0. The maximum Gasteiger partial charge on any atom is 0.305 e. The second-order valence-electron chi connectivity index (χ2n) is 18.0. The molecular weight excluding hydrogens is 709 g/mol. The van der Waals surface area contributed by atoms with Crippen molar-refractivity contribution in [3.8, 4) is 0 Å². The van der Waals surface area contributed by atoms with Crippen LogP contribution < -0.4 is 0 Å². The van der Waals surface area contributed by atoms with Crippen LogP contribution in [-0.4, -0.2) is 73.6 Å². The summed E-state index contributed by atoms with van der Waals surface area (Å²) >= 11 is 0. The van der Waals surface area contributed by atoms with Gasteiger partial charge < -0.3 is 19.3 Å². The highest BCUT2D eigenvalue weighted by Gasteiger charge is 2.38. The molecule has 7 nitrogen and oxygen atoms in total. The van der Waals surface area contributed by atoms with Gasteiger partial charge >= 0.3 is 11.9 Å². The molecule has 0 atom stereocenters. The van der Waals surface area contributed by atoms with Gasteiger partial charge in [-0.05, 0) is 51.6 Å². The Morgan fingerprint density at radius 3 is 1.09 bits per heavy atom. The summed E-state index contributed by atoms with van der Waals surface area (Å²) in [4.78, 5) is 43.8. The molecule has 7 heteroatoms. The zero-order valence-electron chi connectivity index (χ0n) is 38.6. The van der Waals surface area contributed by atoms with Crippen LogP contribution in [0.4, 0.5) is 0 Å². The van der Waals surface area contributed by atoms with Crippen molar-refractivity contribution >= 4 is 17.8 Å². The standard InChI is InChI=1S/C50H96N2O5/c1-5-9-13-17-19-21-23-25-27-29-31-35-48(54)56-45-50(46-57-49(55)36-32-30-28-26-24-22-20-18-14-10-6-2)38-43-52(44-39-50)47(53)37-42-51(40-33-15-11-7-3)41-34-16-12-8-4/h5-46H2,1-4H3. The number of unbranched alkanes of at least 4 members (excludes halogenated alkanes) is 26. The first-order valence-electron chi connectivity index (χ1n) is 25.2. The highest BCUT2D eigenvalue weighted by Crippen LogP contribution is 2.33. The molecule has 0 bridgehead atoms. The summed E-state index contributed by atoms with van der Waals surface area (Å²) in [6.07, 6.45) is 40.3. The number of amides is 1. The first-order chi connectivity index (χ1) is 27.9. The van der Waals surface area contributed by atoms with Crippen molar-refractivity contribution in [2.75, 3.05) is 45.9 Å². The Labute approximate surface area is 354 Å². The highest BCUT2D eigenvalue weighted by atomic mass is 16.5. The lowest BCUT2D eigenvalue weighted by molar-refractivity contribution is -0.158. The fourth-order valence-electron chi connectivity index (χ4n) is 8.31. The van der Waals surface area contributed by atoms with E-state index in [4.69, 9.17) is 9.47 Å². The number of carbonyl (C=O) groups is 3. The molecule has 0 radical (unpaired) electrons. The van der Waals surface area contributed by atoms with Crippen molar-refractivity contribution in [3.05, 3.63) is 0 Å². The minimum absolute atomic E-state index is 0.144. The molecule has 1 aliphatic rings. The average molecular weight is 805 g/mol. The van der Waals surface area contributed by atoms with Crippen LogP contribution >= 0.6 is 0 Å². The number of likely N-dealkylation sites (tertiary alicyclic amines) is 1. The smallest absolute Gasteiger partial charge is 0.305 e. The zero-order chi connectivity index (χ0) is 41.5. The lowest BCUT2D eigenvalue weighted by Crippen LogP contribution is -2.48. The number of carbonyl (C=O) groups excluding carboxylic acids is 3. The molecule has 0 aromatic carbocycles. The maximum atomic E-state index is 13.5. The Hall–Kier alpha value is -1.63. The third-order valence-corrected chi connectivity index (χ3v) is 12.5. The van der Waals surface area contributed by atoms with Crippen LogP contribution in [0.1, 0.15) is 252 Å². The molecule has 336 valence electrons. The Kier molecular flexibility index (Phi) is 36.1. The van der Waals surface area contributed by atoms with Crippen LogP contribution in [-0.2, 0) is 23.9 Å². The number of piperidine rings is 1. The fraction of sp³-hybridized carbons (Fsp3) is 0.940. The SMILES string of the molecule is CCCCCCCCCCCCCC(=O)OCC1(COC(=O)CCCCCCCCCCCCC)CCN(C(=O)CCN(CCCCCC)CCCCCC)CC1. The Balaban J connectivity index is 2.58. The topological polar surface area (TPSA) is 76.1 Å². The van der Waals surface area contributed by atoms with Gasteiger partial charge in [-0.3, -0.25) is 14.4 Å². The summed E-state index contributed by atoms with van der Waals surface area (Å²) in [5.74, 6) is -0.0687. The van der Waals surface area contributed by atoms with Crippen LogP contribution in [0.2, 0.25) is 0 Å². The molecule has 1 aliphatic heterocycles. The van der Waals surface area contributed by atoms with Crippen molar-refractivity contribution in [1.29, 1.82) is 0 Å². The molecule has 1 saturated heterocycles. The first kappa shape index (κ1) is 53.4. The van der Waals surface area contributed by atoms with Gasteiger partial charge in [-0.2, -0.15) is 0 Å². The van der Waals surface area contributed by atoms with Crippen molar-refractivity contribution in [3.63, 3.8) is 0 Å². The van der Waals surface area contributed by atoms with E-state index in [0.717, 1.165) is 45.3 Å². The predicted molar refractivity (Wildman–Crippen MR) is 242 cm³/mol. The number of ether oxygens (including phenoxy) is 2. The first-order valence-corrected chi connectivity index (χ1v) is 25.2. The minimum Gasteiger partial charge on any atom is -0.465 e. The van der Waals surface area contributed by atoms with Crippen molar-refractivity contribution < 1.29 is 23.9 Å². The van der Waals surface area contributed by atoms with Crippen LogP contribution in [0.15, 0.2) is 0 Å². The Morgan fingerprint density at radius 1 is 0.421 bits per heavy atom. The molecule has 0 N–H and O–H groups in total. The summed E-state index contributed by atoms with van der Waals surface area (Å²) in [5.41, 5.74) is -0.430. The summed E-state index contributed by atoms with van der Waals surface area (Å²) in [5, 5.41) is 0. The molecule has 1 amide bonds. The number of hydrogen-bond acceptors (Lipinski definition) is 6. The molecule has 0 aliphatic carbocycles. The molecule has 1 heterocycles. The maximum absolute atomic E-state index is 13.5. The van der Waals surface area contributed by atoms with E-state index in [1.165, 1.54) is 167 Å². The predicted octanol–water partition coefficient (Wildman–Crippen LogP) is 13.9. The molecule has 57 heavy (non-hydrogen) atoms. The van der Waals surface area contributed by atoms with Crippen LogP contribution in [0.5, 0.6) is 0 Å². The molecule has 1 rings (SSSR count). The van der Waals surface area contributed by atoms with Gasteiger partial charge in [-0.15, -0.1) is 0 Å². The molecular formula is C50H96N2O5. The molecule has 1 fully saturated rings. The lowest BCUT2D eigenvalue weighted by atomic mass is 9.79. The quantitative estimate of drug-likeness (QED) is 0.0452. The molecule has 0 aromatic heterocycles. The summed E-state index contributed by atoms with van der Waals surface area (Å²) in [6.45, 7) is 13.8. The van der Waals surface area contributed by atoms with Gasteiger partial charge in [-0.1, -0.05) is 195 Å². The average Bonchev–Trinajstić information content (AvgIpc) is 3.22. The Bertz CT molecular complexity index is 878. The third kappa shape index (κ3) is 31.0. The van der Waals surface area contributed by atoms with Crippen molar-refractivity contribution in [1.82, 2.24) is 9.80 Å². The fourth-order valence-corrected chi connectivity index (χ4v) is 8.31. The van der Waals surface area contributed by atoms with E-state index < -0.39 is 5.41 Å². The van der Waals surface area contributed by atoms with E-state index in [-0.39, 0.29) is 31.1 Å². The van der Waals surface area contributed by atoms with Gasteiger partial charge in [-0.25, -0.2) is 0 Å². The molecule has 0 spiro atoms. The van der Waals surface area contributed by atoms with Gasteiger partial charge in [0.05, 0.1) is 0 Å². The number of nitrogens with zero attached hydrogens (tertiary/aromatic N) is 2. The monoisotopic (exact) mass is 805 g/mol. The molecule has 0 unspecified atom stereocenters. The molecule has 0 saturated carbocycles. The highest BCUT2D eigenvalue weighted by molar-refractivity contribution is 5.76.